The molecule has 92 valence electrons. The number of rotatable bonds is 9. The van der Waals surface area contributed by atoms with Gasteiger partial charge in [-0.05, 0) is 20.8 Å². The van der Waals surface area contributed by atoms with E-state index in [2.05, 4.69) is 26.1 Å². The smallest absolute Gasteiger partial charge is 0.0700 e. The van der Waals surface area contributed by atoms with Crippen molar-refractivity contribution in [3.05, 3.63) is 0 Å². The summed E-state index contributed by atoms with van der Waals surface area (Å²) >= 11 is 0. The van der Waals surface area contributed by atoms with Crippen LogP contribution in [0.15, 0.2) is 0 Å². The fourth-order valence-electron chi connectivity index (χ4n) is 0.943. The number of hydrogen-bond acceptors (Lipinski definition) is 4. The van der Waals surface area contributed by atoms with Gasteiger partial charge in [0, 0.05) is 20.2 Å². The van der Waals surface area contributed by atoms with Crippen LogP contribution in [0.2, 0.25) is 0 Å². The molecule has 0 bridgehead atoms. The van der Waals surface area contributed by atoms with Crippen molar-refractivity contribution in [2.45, 2.75) is 26.4 Å². The highest BCUT2D eigenvalue weighted by molar-refractivity contribution is 4.59. The maximum Gasteiger partial charge on any atom is 0.0700 e. The summed E-state index contributed by atoms with van der Waals surface area (Å²) in [5.41, 5.74) is -0.0450. The second-order valence-electron chi connectivity index (χ2n) is 4.32. The zero-order chi connectivity index (χ0) is 11.6. The topological polar surface area (TPSA) is 39.7 Å². The molecular weight excluding hydrogens is 194 g/mol. The molecule has 0 radical (unpaired) electrons. The van der Waals surface area contributed by atoms with E-state index in [4.69, 9.17) is 14.2 Å². The molecule has 0 heterocycles. The lowest BCUT2D eigenvalue weighted by atomic mass is 10.2. The fourth-order valence-corrected chi connectivity index (χ4v) is 0.943. The van der Waals surface area contributed by atoms with Gasteiger partial charge in [-0.15, -0.1) is 0 Å². The van der Waals surface area contributed by atoms with Gasteiger partial charge in [0.15, 0.2) is 0 Å². The number of hydrogen-bond donors (Lipinski definition) is 1. The Bertz CT molecular complexity index is 134. The minimum Gasteiger partial charge on any atom is -0.382 e. The minimum atomic E-state index is -0.0450. The molecule has 0 saturated carbocycles. The van der Waals surface area contributed by atoms with Crippen LogP contribution >= 0.6 is 0 Å². The maximum atomic E-state index is 5.55. The van der Waals surface area contributed by atoms with Gasteiger partial charge in [-0.3, -0.25) is 0 Å². The standard InChI is InChI=1S/C11H25NO3/c1-11(2,3)15-8-6-12-5-7-14-10-9-13-4/h12H,5-10H2,1-4H3. The molecule has 4 nitrogen and oxygen atoms in total. The van der Waals surface area contributed by atoms with E-state index in [1.165, 1.54) is 0 Å². The Balaban J connectivity index is 2.99. The molecule has 0 rings (SSSR count). The molecule has 0 aromatic heterocycles. The first kappa shape index (κ1) is 14.8. The average molecular weight is 219 g/mol. The Morgan fingerprint density at radius 2 is 1.60 bits per heavy atom. The Morgan fingerprint density at radius 1 is 0.933 bits per heavy atom. The molecule has 0 unspecified atom stereocenters. The summed E-state index contributed by atoms with van der Waals surface area (Å²) in [6, 6.07) is 0. The van der Waals surface area contributed by atoms with E-state index in [0.717, 1.165) is 26.3 Å². The van der Waals surface area contributed by atoms with Gasteiger partial charge < -0.3 is 19.5 Å². The van der Waals surface area contributed by atoms with Crippen LogP contribution in [-0.4, -0.2) is 52.2 Å². The summed E-state index contributed by atoms with van der Waals surface area (Å²) in [6.07, 6.45) is 0. The van der Waals surface area contributed by atoms with Gasteiger partial charge in [-0.2, -0.15) is 0 Å². The van der Waals surface area contributed by atoms with Crippen LogP contribution < -0.4 is 5.32 Å². The predicted octanol–water partition coefficient (Wildman–Crippen LogP) is 1.05. The van der Waals surface area contributed by atoms with E-state index in [1.807, 2.05) is 0 Å². The van der Waals surface area contributed by atoms with Crippen LogP contribution in [0.3, 0.4) is 0 Å². The lowest BCUT2D eigenvalue weighted by Gasteiger charge is -2.19. The highest BCUT2D eigenvalue weighted by Gasteiger charge is 2.08. The maximum absolute atomic E-state index is 5.55. The third kappa shape index (κ3) is 13.8. The van der Waals surface area contributed by atoms with Crippen LogP contribution in [-0.2, 0) is 14.2 Å². The molecular formula is C11H25NO3. The van der Waals surface area contributed by atoms with E-state index < -0.39 is 0 Å². The van der Waals surface area contributed by atoms with Crippen molar-refractivity contribution < 1.29 is 14.2 Å². The largest absolute Gasteiger partial charge is 0.382 e. The predicted molar refractivity (Wildman–Crippen MR) is 61.3 cm³/mol. The molecule has 0 amide bonds. The van der Waals surface area contributed by atoms with Crippen molar-refractivity contribution in [3.8, 4) is 0 Å². The second kappa shape index (κ2) is 9.09. The number of methoxy groups -OCH3 is 1. The van der Waals surface area contributed by atoms with Crippen molar-refractivity contribution in [2.24, 2.45) is 0 Å². The molecule has 0 saturated heterocycles. The van der Waals surface area contributed by atoms with Crippen LogP contribution in [0.4, 0.5) is 0 Å². The van der Waals surface area contributed by atoms with E-state index in [0.29, 0.717) is 13.2 Å². The zero-order valence-corrected chi connectivity index (χ0v) is 10.5. The van der Waals surface area contributed by atoms with Gasteiger partial charge in [-0.1, -0.05) is 0 Å². The highest BCUT2D eigenvalue weighted by atomic mass is 16.5. The molecule has 0 aromatic rings. The summed E-state index contributed by atoms with van der Waals surface area (Å²) < 4.78 is 15.7. The molecule has 4 heteroatoms. The zero-order valence-electron chi connectivity index (χ0n) is 10.5. The summed E-state index contributed by atoms with van der Waals surface area (Å²) in [5.74, 6) is 0. The summed E-state index contributed by atoms with van der Waals surface area (Å²) in [7, 11) is 1.67. The van der Waals surface area contributed by atoms with Gasteiger partial charge in [0.1, 0.15) is 0 Å². The van der Waals surface area contributed by atoms with E-state index in [-0.39, 0.29) is 5.60 Å². The second-order valence-corrected chi connectivity index (χ2v) is 4.32. The van der Waals surface area contributed by atoms with Crippen LogP contribution in [0.25, 0.3) is 0 Å². The van der Waals surface area contributed by atoms with Crippen molar-refractivity contribution in [1.29, 1.82) is 0 Å². The molecule has 0 aromatic carbocycles. The molecule has 0 fully saturated rings. The fraction of sp³-hybridized carbons (Fsp3) is 1.00. The molecule has 0 aliphatic heterocycles. The van der Waals surface area contributed by atoms with Gasteiger partial charge in [-0.25, -0.2) is 0 Å². The van der Waals surface area contributed by atoms with Crippen LogP contribution in [0.1, 0.15) is 20.8 Å². The average Bonchev–Trinajstić information content (AvgIpc) is 2.14. The molecule has 1 N–H and O–H groups in total. The van der Waals surface area contributed by atoms with Crippen molar-refractivity contribution in [3.63, 3.8) is 0 Å². The minimum absolute atomic E-state index is 0.0450. The van der Waals surface area contributed by atoms with Crippen molar-refractivity contribution >= 4 is 0 Å². The van der Waals surface area contributed by atoms with E-state index in [1.54, 1.807) is 7.11 Å². The van der Waals surface area contributed by atoms with Crippen molar-refractivity contribution in [2.75, 3.05) is 46.6 Å². The SMILES string of the molecule is COCCOCCNCCOC(C)(C)C. The summed E-state index contributed by atoms with van der Waals surface area (Å²) in [6.45, 7) is 10.7. The normalized spacial score (nSPS) is 12.0. The Morgan fingerprint density at radius 3 is 2.20 bits per heavy atom. The summed E-state index contributed by atoms with van der Waals surface area (Å²) in [5, 5.41) is 3.24. The van der Waals surface area contributed by atoms with E-state index in [9.17, 15) is 0 Å². The van der Waals surface area contributed by atoms with Crippen LogP contribution in [0.5, 0.6) is 0 Å². The van der Waals surface area contributed by atoms with E-state index >= 15 is 0 Å². The Labute approximate surface area is 93.3 Å². The molecule has 0 aliphatic rings. The molecule has 15 heavy (non-hydrogen) atoms. The Kier molecular flexibility index (Phi) is 9.00. The van der Waals surface area contributed by atoms with Gasteiger partial charge in [0.05, 0.1) is 32.0 Å². The third-order valence-corrected chi connectivity index (χ3v) is 1.67. The first-order valence-electron chi connectivity index (χ1n) is 5.47. The molecule has 0 aliphatic carbocycles. The quantitative estimate of drug-likeness (QED) is 0.589. The van der Waals surface area contributed by atoms with Crippen LogP contribution in [0, 0.1) is 0 Å². The number of ether oxygens (including phenoxy) is 3. The highest BCUT2D eigenvalue weighted by Crippen LogP contribution is 2.04. The first-order chi connectivity index (χ1) is 7.06. The van der Waals surface area contributed by atoms with Gasteiger partial charge >= 0.3 is 0 Å². The molecule has 0 spiro atoms. The van der Waals surface area contributed by atoms with Crippen molar-refractivity contribution in [1.82, 2.24) is 5.32 Å². The Hall–Kier alpha value is -0.160. The monoisotopic (exact) mass is 219 g/mol. The first-order valence-corrected chi connectivity index (χ1v) is 5.47. The summed E-state index contributed by atoms with van der Waals surface area (Å²) in [4.78, 5) is 0. The lowest BCUT2D eigenvalue weighted by molar-refractivity contribution is -0.00155. The van der Waals surface area contributed by atoms with Gasteiger partial charge in [0.25, 0.3) is 0 Å². The third-order valence-electron chi connectivity index (χ3n) is 1.67. The lowest BCUT2D eigenvalue weighted by Crippen LogP contribution is -2.28. The number of nitrogens with one attached hydrogen (secondary N) is 1. The molecule has 0 atom stereocenters. The van der Waals surface area contributed by atoms with Gasteiger partial charge in [0.2, 0.25) is 0 Å².